The molecule has 0 fully saturated rings. The van der Waals surface area contributed by atoms with Gasteiger partial charge in [-0.05, 0) is 35.4 Å². The van der Waals surface area contributed by atoms with Gasteiger partial charge in [0.05, 0.1) is 12.0 Å². The van der Waals surface area contributed by atoms with Gasteiger partial charge < -0.3 is 9.29 Å². The Hall–Kier alpha value is -1.61. The Morgan fingerprint density at radius 3 is 1.84 bits per heavy atom. The molecule has 3 heteroatoms. The first-order valence-corrected chi connectivity index (χ1v) is 7.30. The number of aromatic hydroxyl groups is 1. The zero-order valence-electron chi connectivity index (χ0n) is 11.4. The van der Waals surface area contributed by atoms with Gasteiger partial charge in [0.2, 0.25) is 0 Å². The monoisotopic (exact) mass is 274 g/mol. The van der Waals surface area contributed by atoms with Crippen LogP contribution in [0.2, 0.25) is 0 Å². The van der Waals surface area contributed by atoms with Gasteiger partial charge in [0.1, 0.15) is 11.5 Å². The number of hydrogen-bond acceptors (Lipinski definition) is 3. The van der Waals surface area contributed by atoms with E-state index < -0.39 is 0 Å². The van der Waals surface area contributed by atoms with Crippen molar-refractivity contribution in [1.29, 1.82) is 0 Å². The minimum atomic E-state index is -0.106. The molecule has 0 atom stereocenters. The summed E-state index contributed by atoms with van der Waals surface area (Å²) in [6.45, 7) is 4.34. The molecular formula is C16H18O2S. The van der Waals surface area contributed by atoms with E-state index in [1.807, 2.05) is 30.5 Å². The Balaban J connectivity index is 2.30. The second kappa shape index (κ2) is 5.57. The van der Waals surface area contributed by atoms with E-state index in [9.17, 15) is 5.11 Å². The van der Waals surface area contributed by atoms with Crippen LogP contribution in [0.15, 0.2) is 48.5 Å². The van der Waals surface area contributed by atoms with Crippen LogP contribution >= 0.6 is 12.0 Å². The quantitative estimate of drug-likeness (QED) is 0.839. The first-order chi connectivity index (χ1) is 9.04. The van der Waals surface area contributed by atoms with Gasteiger partial charge in [-0.25, -0.2) is 0 Å². The fourth-order valence-electron chi connectivity index (χ4n) is 2.07. The van der Waals surface area contributed by atoms with Crippen LogP contribution in [0, 0.1) is 0 Å². The van der Waals surface area contributed by atoms with Crippen molar-refractivity contribution in [2.45, 2.75) is 19.3 Å². The van der Waals surface area contributed by atoms with E-state index in [0.29, 0.717) is 5.75 Å². The number of hydrogen-bond donors (Lipinski definition) is 1. The molecule has 0 saturated carbocycles. The summed E-state index contributed by atoms with van der Waals surface area (Å²) in [5.41, 5.74) is 2.28. The van der Waals surface area contributed by atoms with Crippen LogP contribution < -0.4 is 4.18 Å². The van der Waals surface area contributed by atoms with Gasteiger partial charge in [0.25, 0.3) is 0 Å². The normalized spacial score (nSPS) is 11.3. The number of phenolic OH excluding ortho intramolecular Hbond substituents is 1. The van der Waals surface area contributed by atoms with Crippen molar-refractivity contribution in [1.82, 2.24) is 0 Å². The van der Waals surface area contributed by atoms with Crippen molar-refractivity contribution in [2.75, 3.05) is 6.26 Å². The summed E-state index contributed by atoms with van der Waals surface area (Å²) < 4.78 is 5.38. The highest BCUT2D eigenvalue weighted by atomic mass is 32.2. The Morgan fingerprint density at radius 1 is 0.895 bits per heavy atom. The molecule has 0 aliphatic rings. The van der Waals surface area contributed by atoms with Gasteiger partial charge in [-0.2, -0.15) is 0 Å². The molecule has 0 heterocycles. The Morgan fingerprint density at radius 2 is 1.37 bits per heavy atom. The van der Waals surface area contributed by atoms with Crippen LogP contribution in [0.3, 0.4) is 0 Å². The second-order valence-electron chi connectivity index (χ2n) is 4.95. The third kappa shape index (κ3) is 3.04. The smallest absolute Gasteiger partial charge is 0.137 e. The third-order valence-electron chi connectivity index (χ3n) is 3.34. The average molecular weight is 274 g/mol. The predicted molar refractivity (Wildman–Crippen MR) is 80.8 cm³/mol. The molecular weight excluding hydrogens is 256 g/mol. The molecule has 0 amide bonds. The van der Waals surface area contributed by atoms with Gasteiger partial charge >= 0.3 is 0 Å². The molecule has 0 radical (unpaired) electrons. The van der Waals surface area contributed by atoms with Crippen LogP contribution in [0.5, 0.6) is 11.5 Å². The SMILES string of the molecule is CSOc1ccc(C(C)(C)c2ccc(O)cc2)cc1. The summed E-state index contributed by atoms with van der Waals surface area (Å²) in [6, 6.07) is 15.5. The van der Waals surface area contributed by atoms with Gasteiger partial charge in [0, 0.05) is 11.7 Å². The van der Waals surface area contributed by atoms with Crippen molar-refractivity contribution in [2.24, 2.45) is 0 Å². The van der Waals surface area contributed by atoms with E-state index in [1.54, 1.807) is 12.1 Å². The minimum absolute atomic E-state index is 0.106. The van der Waals surface area contributed by atoms with E-state index in [2.05, 4.69) is 26.0 Å². The number of rotatable bonds is 4. The molecule has 2 aromatic rings. The van der Waals surface area contributed by atoms with Crippen molar-refractivity contribution < 1.29 is 9.29 Å². The highest BCUT2D eigenvalue weighted by molar-refractivity contribution is 7.94. The van der Waals surface area contributed by atoms with Gasteiger partial charge in [-0.3, -0.25) is 0 Å². The third-order valence-corrected chi connectivity index (χ3v) is 3.70. The highest BCUT2D eigenvalue weighted by Gasteiger charge is 2.22. The maximum absolute atomic E-state index is 9.37. The molecule has 2 rings (SSSR count). The van der Waals surface area contributed by atoms with E-state index in [-0.39, 0.29) is 5.41 Å². The average Bonchev–Trinajstić information content (AvgIpc) is 2.40. The van der Waals surface area contributed by atoms with E-state index in [4.69, 9.17) is 4.18 Å². The first kappa shape index (κ1) is 13.8. The van der Waals surface area contributed by atoms with Crippen LogP contribution in [0.25, 0.3) is 0 Å². The van der Waals surface area contributed by atoms with E-state index in [0.717, 1.165) is 5.75 Å². The Bertz CT molecular complexity index is 530. The fourth-order valence-corrected chi connectivity index (χ4v) is 2.37. The summed E-state index contributed by atoms with van der Waals surface area (Å²) in [5.74, 6) is 1.15. The summed E-state index contributed by atoms with van der Waals surface area (Å²) in [4.78, 5) is 0. The standard InChI is InChI=1S/C16H18O2S/c1-16(2,12-4-8-14(17)9-5-12)13-6-10-15(11-7-13)18-19-3/h4-11,17H,1-3H3. The Kier molecular flexibility index (Phi) is 4.05. The number of benzene rings is 2. The lowest BCUT2D eigenvalue weighted by Gasteiger charge is -2.26. The fraction of sp³-hybridized carbons (Fsp3) is 0.250. The minimum Gasteiger partial charge on any atom is -0.508 e. The summed E-state index contributed by atoms with van der Waals surface area (Å²) in [7, 11) is 0. The lowest BCUT2D eigenvalue weighted by atomic mass is 9.78. The number of phenols is 1. The molecule has 1 N–H and O–H groups in total. The van der Waals surface area contributed by atoms with Crippen molar-refractivity contribution in [3.8, 4) is 11.5 Å². The van der Waals surface area contributed by atoms with Crippen LogP contribution in [-0.2, 0) is 5.41 Å². The molecule has 0 aromatic heterocycles. The highest BCUT2D eigenvalue weighted by Crippen LogP contribution is 2.33. The van der Waals surface area contributed by atoms with Crippen LogP contribution in [-0.4, -0.2) is 11.4 Å². The lowest BCUT2D eigenvalue weighted by molar-refractivity contribution is 0.474. The molecule has 0 aliphatic carbocycles. The lowest BCUT2D eigenvalue weighted by Crippen LogP contribution is -2.18. The molecule has 2 aromatic carbocycles. The predicted octanol–water partition coefficient (Wildman–Crippen LogP) is 4.37. The molecule has 2 nitrogen and oxygen atoms in total. The molecule has 100 valence electrons. The zero-order valence-corrected chi connectivity index (χ0v) is 12.2. The van der Waals surface area contributed by atoms with Gasteiger partial charge in [0.15, 0.2) is 0 Å². The van der Waals surface area contributed by atoms with E-state index in [1.165, 1.54) is 23.2 Å². The van der Waals surface area contributed by atoms with Crippen molar-refractivity contribution in [3.63, 3.8) is 0 Å². The first-order valence-electron chi connectivity index (χ1n) is 6.15. The van der Waals surface area contributed by atoms with E-state index >= 15 is 0 Å². The molecule has 0 saturated heterocycles. The van der Waals surface area contributed by atoms with Crippen LogP contribution in [0.1, 0.15) is 25.0 Å². The molecule has 19 heavy (non-hydrogen) atoms. The molecule has 0 unspecified atom stereocenters. The molecule has 0 bridgehead atoms. The largest absolute Gasteiger partial charge is 0.508 e. The topological polar surface area (TPSA) is 29.5 Å². The Labute approximate surface area is 118 Å². The molecule has 0 spiro atoms. The maximum atomic E-state index is 9.37. The van der Waals surface area contributed by atoms with Crippen molar-refractivity contribution >= 4 is 12.0 Å². The van der Waals surface area contributed by atoms with Crippen LogP contribution in [0.4, 0.5) is 0 Å². The maximum Gasteiger partial charge on any atom is 0.137 e. The van der Waals surface area contributed by atoms with Gasteiger partial charge in [-0.15, -0.1) is 0 Å². The zero-order chi connectivity index (χ0) is 13.9. The molecule has 0 aliphatic heterocycles. The second-order valence-corrected chi connectivity index (χ2v) is 5.45. The van der Waals surface area contributed by atoms with Gasteiger partial charge in [-0.1, -0.05) is 38.1 Å². The summed E-state index contributed by atoms with van der Waals surface area (Å²) in [6.07, 6.45) is 1.90. The van der Waals surface area contributed by atoms with Crippen molar-refractivity contribution in [3.05, 3.63) is 59.7 Å². The summed E-state index contributed by atoms with van der Waals surface area (Å²) >= 11 is 1.34. The summed E-state index contributed by atoms with van der Waals surface area (Å²) in [5, 5.41) is 9.37.